The van der Waals surface area contributed by atoms with E-state index in [0.717, 1.165) is 0 Å². The Hall–Kier alpha value is -3.46. The van der Waals surface area contributed by atoms with Crippen LogP contribution >= 0.6 is 0 Å². The summed E-state index contributed by atoms with van der Waals surface area (Å²) in [5, 5.41) is 0. The molecule has 0 unspecified atom stereocenters. The van der Waals surface area contributed by atoms with Crippen LogP contribution in [0, 0.1) is 0 Å². The van der Waals surface area contributed by atoms with Crippen molar-refractivity contribution in [2.24, 2.45) is 0 Å². The minimum absolute atomic E-state index is 0.0285. The number of hydrogen-bond donors (Lipinski definition) is 0. The predicted octanol–water partition coefficient (Wildman–Crippen LogP) is 8.72. The molecule has 0 atom stereocenters. The van der Waals surface area contributed by atoms with Gasteiger partial charge in [0.2, 0.25) is 0 Å². The number of alkyl halides is 12. The highest BCUT2D eigenvalue weighted by Gasteiger charge is 2.40. The van der Waals surface area contributed by atoms with E-state index in [2.05, 4.69) is 9.47 Å². The van der Waals surface area contributed by atoms with E-state index in [0.29, 0.717) is 0 Å². The third-order valence-electron chi connectivity index (χ3n) is 3.96. The lowest BCUT2D eigenvalue weighted by atomic mass is 10.1. The summed E-state index contributed by atoms with van der Waals surface area (Å²) in [5.41, 5.74) is -7.06. The molecule has 0 saturated heterocycles. The maximum absolute atomic E-state index is 13.0. The summed E-state index contributed by atoms with van der Waals surface area (Å²) in [6.07, 6.45) is -22.7. The zero-order valence-electron chi connectivity index (χ0n) is 20.3. The first kappa shape index (κ1) is 35.5. The minimum Gasteiger partial charge on any atom is -0.425 e. The molecule has 0 aromatic heterocycles. The fraction of sp³-hybridized carbons (Fsp3) is 0.391. The van der Waals surface area contributed by atoms with E-state index < -0.39 is 76.8 Å². The van der Waals surface area contributed by atoms with Crippen molar-refractivity contribution in [2.75, 3.05) is 0 Å². The Balaban J connectivity index is 0.00000344. The van der Waals surface area contributed by atoms with E-state index in [-0.39, 0.29) is 36.4 Å². The third kappa shape index (κ3) is 10.7. The Labute approximate surface area is 213 Å². The molecule has 4 nitrogen and oxygen atoms in total. The number of esters is 2. The van der Waals surface area contributed by atoms with Crippen LogP contribution in [-0.2, 0) is 34.3 Å². The van der Waals surface area contributed by atoms with Gasteiger partial charge in [0.25, 0.3) is 0 Å². The summed E-state index contributed by atoms with van der Waals surface area (Å²) in [6, 6.07) is -0.493. The van der Waals surface area contributed by atoms with E-state index in [1.807, 2.05) is 27.7 Å². The smallest absolute Gasteiger partial charge is 0.419 e. The fourth-order valence-corrected chi connectivity index (χ4v) is 2.47. The monoisotopic (exact) mass is 588 g/mol. The van der Waals surface area contributed by atoms with Crippen LogP contribution in [-0.4, -0.2) is 11.9 Å². The first-order valence-electron chi connectivity index (χ1n) is 10.7. The molecule has 0 saturated carbocycles. The van der Waals surface area contributed by atoms with Gasteiger partial charge in [-0.1, -0.05) is 27.7 Å². The van der Waals surface area contributed by atoms with Gasteiger partial charge in [0.05, 0.1) is 22.3 Å². The van der Waals surface area contributed by atoms with Crippen LogP contribution in [0.4, 0.5) is 52.7 Å². The Kier molecular flexibility index (Phi) is 12.4. The van der Waals surface area contributed by atoms with Crippen molar-refractivity contribution in [3.63, 3.8) is 0 Å². The molecule has 0 N–H and O–H groups in total. The average Bonchev–Trinajstić information content (AvgIpc) is 2.78. The van der Waals surface area contributed by atoms with E-state index in [4.69, 9.17) is 0 Å². The van der Waals surface area contributed by atoms with Crippen molar-refractivity contribution in [3.8, 4) is 11.5 Å². The topological polar surface area (TPSA) is 52.6 Å². The van der Waals surface area contributed by atoms with Crippen LogP contribution in [0.5, 0.6) is 11.5 Å². The normalized spacial score (nSPS) is 11.9. The molecule has 39 heavy (non-hydrogen) atoms. The third-order valence-corrected chi connectivity index (χ3v) is 3.96. The van der Waals surface area contributed by atoms with Crippen molar-refractivity contribution in [2.45, 2.75) is 58.8 Å². The van der Waals surface area contributed by atoms with Gasteiger partial charge < -0.3 is 9.47 Å². The van der Waals surface area contributed by atoms with Crippen LogP contribution < -0.4 is 9.47 Å². The van der Waals surface area contributed by atoms with Gasteiger partial charge in [-0.2, -0.15) is 52.7 Å². The number of rotatable bonds is 4. The molecule has 16 heteroatoms. The minimum atomic E-state index is -5.32. The zero-order chi connectivity index (χ0) is 31.0. The van der Waals surface area contributed by atoms with E-state index >= 15 is 0 Å². The molecule has 0 radical (unpaired) electrons. The van der Waals surface area contributed by atoms with Gasteiger partial charge in [-0.05, 0) is 36.4 Å². The largest absolute Gasteiger partial charge is 0.425 e. The molecule has 0 fully saturated rings. The lowest BCUT2D eigenvalue weighted by Crippen LogP contribution is -2.21. The standard InChI is InChI=1S/C19H8F12O4.2C2H6/c20-16(21,22)8-1-3-10(18(26,27)28)12(5-8)34-14(32)7-15(33)35-13-6-9(17(23,24)25)2-4-11(13)19(29,30)31;2*1-2/h1-6H,7H2;2*1-2H3. The second kappa shape index (κ2) is 13.6. The average molecular weight is 588 g/mol. The van der Waals surface area contributed by atoms with Crippen LogP contribution in [0.1, 0.15) is 56.4 Å². The Morgan fingerprint density at radius 2 is 0.821 bits per heavy atom. The van der Waals surface area contributed by atoms with Crippen molar-refractivity contribution >= 4 is 11.9 Å². The summed E-state index contributed by atoms with van der Waals surface area (Å²) in [4.78, 5) is 23.6. The molecular weight excluding hydrogens is 568 g/mol. The molecule has 0 heterocycles. The molecule has 2 rings (SSSR count). The highest BCUT2D eigenvalue weighted by molar-refractivity contribution is 5.93. The van der Waals surface area contributed by atoms with E-state index in [9.17, 15) is 62.3 Å². The molecule has 0 aliphatic heterocycles. The summed E-state index contributed by atoms with van der Waals surface area (Å²) >= 11 is 0. The summed E-state index contributed by atoms with van der Waals surface area (Å²) in [7, 11) is 0. The summed E-state index contributed by atoms with van der Waals surface area (Å²) in [6.45, 7) is 8.00. The highest BCUT2D eigenvalue weighted by Crippen LogP contribution is 2.41. The maximum Gasteiger partial charge on any atom is 0.419 e. The second-order valence-corrected chi connectivity index (χ2v) is 6.54. The summed E-state index contributed by atoms with van der Waals surface area (Å²) in [5.74, 6) is -7.36. The predicted molar refractivity (Wildman–Crippen MR) is 111 cm³/mol. The zero-order valence-corrected chi connectivity index (χ0v) is 20.3. The van der Waals surface area contributed by atoms with Crippen LogP contribution in [0.2, 0.25) is 0 Å². The molecular formula is C23H20F12O4. The second-order valence-electron chi connectivity index (χ2n) is 6.54. The molecule has 2 aromatic rings. The highest BCUT2D eigenvalue weighted by atomic mass is 19.4. The number of hydrogen-bond acceptors (Lipinski definition) is 4. The molecule has 0 spiro atoms. The van der Waals surface area contributed by atoms with E-state index in [1.54, 1.807) is 0 Å². The molecule has 220 valence electrons. The molecule has 0 bridgehead atoms. The van der Waals surface area contributed by atoms with Gasteiger partial charge in [0, 0.05) is 0 Å². The molecule has 0 amide bonds. The van der Waals surface area contributed by atoms with Gasteiger partial charge in [-0.25, -0.2) is 0 Å². The molecule has 0 aliphatic carbocycles. The fourth-order valence-electron chi connectivity index (χ4n) is 2.47. The first-order valence-corrected chi connectivity index (χ1v) is 10.7. The van der Waals surface area contributed by atoms with Crippen LogP contribution in [0.25, 0.3) is 0 Å². The van der Waals surface area contributed by atoms with Crippen molar-refractivity contribution in [3.05, 3.63) is 58.7 Å². The van der Waals surface area contributed by atoms with Gasteiger partial charge in [0.1, 0.15) is 17.9 Å². The number of carbonyl (C=O) groups excluding carboxylic acids is 2. The lowest BCUT2D eigenvalue weighted by Gasteiger charge is -2.16. The lowest BCUT2D eigenvalue weighted by molar-refractivity contribution is -0.149. The first-order chi connectivity index (χ1) is 17.7. The number of carbonyl (C=O) groups is 2. The van der Waals surface area contributed by atoms with Gasteiger partial charge in [-0.3, -0.25) is 9.59 Å². The number of halogens is 12. The van der Waals surface area contributed by atoms with E-state index in [1.165, 1.54) is 0 Å². The SMILES string of the molecule is CC.CC.O=C(CC(=O)Oc1cc(C(F)(F)F)ccc1C(F)(F)F)Oc1cc(C(F)(F)F)ccc1C(F)(F)F. The number of ether oxygens (including phenoxy) is 2. The van der Waals surface area contributed by atoms with Crippen molar-refractivity contribution in [1.29, 1.82) is 0 Å². The van der Waals surface area contributed by atoms with Crippen molar-refractivity contribution in [1.82, 2.24) is 0 Å². The van der Waals surface area contributed by atoms with Gasteiger partial charge in [0.15, 0.2) is 0 Å². The Morgan fingerprint density at radius 3 is 1.05 bits per heavy atom. The Morgan fingerprint density at radius 1 is 0.538 bits per heavy atom. The maximum atomic E-state index is 13.0. The van der Waals surface area contributed by atoms with Gasteiger partial charge >= 0.3 is 36.6 Å². The molecule has 0 aliphatic rings. The Bertz CT molecular complexity index is 1030. The molecule has 2 aromatic carbocycles. The van der Waals surface area contributed by atoms with Crippen molar-refractivity contribution < 1.29 is 71.7 Å². The quantitative estimate of drug-likeness (QED) is 0.155. The van der Waals surface area contributed by atoms with Gasteiger partial charge in [-0.15, -0.1) is 0 Å². The number of benzene rings is 2. The van der Waals surface area contributed by atoms with Crippen LogP contribution in [0.15, 0.2) is 36.4 Å². The van der Waals surface area contributed by atoms with Crippen LogP contribution in [0.3, 0.4) is 0 Å². The summed E-state index contributed by atoms with van der Waals surface area (Å²) < 4.78 is 163.